The van der Waals surface area contributed by atoms with Crippen molar-refractivity contribution in [1.29, 1.82) is 0 Å². The van der Waals surface area contributed by atoms with Crippen molar-refractivity contribution < 1.29 is 13.5 Å². The van der Waals surface area contributed by atoms with Gasteiger partial charge in [-0.1, -0.05) is 18.6 Å². The number of amidine groups is 1. The van der Waals surface area contributed by atoms with Crippen LogP contribution in [0, 0.1) is 11.6 Å². The van der Waals surface area contributed by atoms with Crippen LogP contribution in [0.4, 0.5) is 20.4 Å². The summed E-state index contributed by atoms with van der Waals surface area (Å²) in [6, 6.07) is 3.20. The van der Waals surface area contributed by atoms with E-state index in [0.29, 0.717) is 42.0 Å². The van der Waals surface area contributed by atoms with E-state index in [0.717, 1.165) is 43.3 Å². The molecule has 0 saturated carbocycles. The Morgan fingerprint density at radius 1 is 1.18 bits per heavy atom. The van der Waals surface area contributed by atoms with Gasteiger partial charge in [-0.25, -0.2) is 8.78 Å². The summed E-state index contributed by atoms with van der Waals surface area (Å²) < 4.78 is 35.6. The molecular weight excluding hydrogens is 438 g/mol. The van der Waals surface area contributed by atoms with Gasteiger partial charge in [0.2, 0.25) is 0 Å². The Morgan fingerprint density at radius 2 is 2.03 bits per heavy atom. The molecule has 1 aromatic carbocycles. The van der Waals surface area contributed by atoms with Gasteiger partial charge in [0.25, 0.3) is 0 Å². The van der Waals surface area contributed by atoms with Crippen molar-refractivity contribution in [3.63, 3.8) is 0 Å². The second-order valence-corrected chi connectivity index (χ2v) is 9.05. The van der Waals surface area contributed by atoms with Gasteiger partial charge in [-0.3, -0.25) is 4.99 Å². The molecule has 2 aromatic rings. The monoisotopic (exact) mass is 466 g/mol. The number of hydrogen-bond donors (Lipinski definition) is 2. The number of fused-ring (bicyclic) bond motifs is 1. The molecular formula is C25H28F2N6O. The molecule has 2 N–H and O–H groups in total. The molecule has 3 aliphatic rings. The lowest BCUT2D eigenvalue weighted by Crippen LogP contribution is -2.50. The van der Waals surface area contributed by atoms with Crippen molar-refractivity contribution in [1.82, 2.24) is 15.3 Å². The first kappa shape index (κ1) is 22.5. The van der Waals surface area contributed by atoms with Gasteiger partial charge in [0, 0.05) is 48.9 Å². The molecule has 9 heteroatoms. The lowest BCUT2D eigenvalue weighted by molar-refractivity contribution is 0.403. The lowest BCUT2D eigenvalue weighted by atomic mass is 10.1. The first-order valence-electron chi connectivity index (χ1n) is 11.6. The van der Waals surface area contributed by atoms with E-state index >= 15 is 4.39 Å². The molecule has 5 rings (SSSR count). The second-order valence-electron chi connectivity index (χ2n) is 9.05. The number of piperazine rings is 1. The topological polar surface area (TPSA) is 74.7 Å². The average molecular weight is 467 g/mol. The van der Waals surface area contributed by atoms with Gasteiger partial charge >= 0.3 is 6.01 Å². The third-order valence-corrected chi connectivity index (χ3v) is 6.27. The normalized spacial score (nSPS) is 19.5. The van der Waals surface area contributed by atoms with Crippen molar-refractivity contribution >= 4 is 23.5 Å². The fourth-order valence-corrected chi connectivity index (χ4v) is 4.47. The first-order valence-corrected chi connectivity index (χ1v) is 11.6. The SMILES string of the molecule is CCC1CN(c2cc(NC3=NCC(C)=C3)nc(Oc3cc(F)c4c(c3F)C=C(C)C4)n2)CCN1. The van der Waals surface area contributed by atoms with E-state index in [1.54, 1.807) is 6.08 Å². The molecule has 1 fully saturated rings. The summed E-state index contributed by atoms with van der Waals surface area (Å²) in [5.41, 5.74) is 2.63. The molecule has 1 unspecified atom stereocenters. The quantitative estimate of drug-likeness (QED) is 0.678. The minimum atomic E-state index is -0.608. The highest BCUT2D eigenvalue weighted by Gasteiger charge is 2.25. The zero-order valence-corrected chi connectivity index (χ0v) is 19.6. The van der Waals surface area contributed by atoms with E-state index in [9.17, 15) is 4.39 Å². The predicted octanol–water partition coefficient (Wildman–Crippen LogP) is 4.47. The molecule has 0 radical (unpaired) electrons. The number of anilines is 2. The van der Waals surface area contributed by atoms with Gasteiger partial charge in [0.05, 0.1) is 6.54 Å². The molecule has 7 nitrogen and oxygen atoms in total. The van der Waals surface area contributed by atoms with Gasteiger partial charge in [-0.2, -0.15) is 9.97 Å². The molecule has 0 spiro atoms. The maximum absolute atomic E-state index is 15.2. The van der Waals surface area contributed by atoms with Crippen LogP contribution in [0.1, 0.15) is 38.3 Å². The number of aliphatic imine (C=N–C) groups is 1. The number of nitrogens with one attached hydrogen (secondary N) is 2. The summed E-state index contributed by atoms with van der Waals surface area (Å²) in [6.07, 6.45) is 4.99. The van der Waals surface area contributed by atoms with Gasteiger partial charge in [-0.05, 0) is 38.3 Å². The number of halogens is 2. The van der Waals surface area contributed by atoms with Crippen LogP contribution in [0.3, 0.4) is 0 Å². The van der Waals surface area contributed by atoms with Crippen molar-refractivity contribution in [2.45, 2.75) is 39.7 Å². The molecule has 0 amide bonds. The van der Waals surface area contributed by atoms with Crippen molar-refractivity contribution in [3.8, 4) is 11.8 Å². The Kier molecular flexibility index (Phi) is 6.03. The summed E-state index contributed by atoms with van der Waals surface area (Å²) in [5, 5.41) is 6.69. The molecule has 3 heterocycles. The molecule has 0 bridgehead atoms. The van der Waals surface area contributed by atoms with Gasteiger partial charge in [0.1, 0.15) is 23.3 Å². The molecule has 1 aromatic heterocycles. The first-order chi connectivity index (χ1) is 16.4. The Morgan fingerprint density at radius 3 is 2.79 bits per heavy atom. The second kappa shape index (κ2) is 9.13. The molecule has 178 valence electrons. The van der Waals surface area contributed by atoms with Crippen molar-refractivity contribution in [2.24, 2.45) is 4.99 Å². The Hall–Kier alpha value is -3.33. The predicted molar refractivity (Wildman–Crippen MR) is 130 cm³/mol. The minimum Gasteiger partial charge on any atom is -0.421 e. The molecule has 34 heavy (non-hydrogen) atoms. The van der Waals surface area contributed by atoms with Crippen LogP contribution >= 0.6 is 0 Å². The van der Waals surface area contributed by atoms with Crippen LogP contribution in [0.15, 0.2) is 34.3 Å². The van der Waals surface area contributed by atoms with Crippen LogP contribution in [0.25, 0.3) is 6.08 Å². The maximum atomic E-state index is 15.2. The fourth-order valence-electron chi connectivity index (χ4n) is 4.47. The molecule has 1 aliphatic carbocycles. The van der Waals surface area contributed by atoms with Gasteiger partial charge in [-0.15, -0.1) is 0 Å². The fraction of sp³-hybridized carbons (Fsp3) is 0.400. The summed E-state index contributed by atoms with van der Waals surface area (Å²) in [7, 11) is 0. The van der Waals surface area contributed by atoms with Crippen LogP contribution in [0.5, 0.6) is 11.8 Å². The highest BCUT2D eigenvalue weighted by Crippen LogP contribution is 2.36. The largest absolute Gasteiger partial charge is 0.421 e. The van der Waals surface area contributed by atoms with E-state index < -0.39 is 11.6 Å². The zero-order valence-electron chi connectivity index (χ0n) is 19.6. The Labute approximate surface area is 197 Å². The van der Waals surface area contributed by atoms with Gasteiger partial charge < -0.3 is 20.3 Å². The zero-order chi connectivity index (χ0) is 23.8. The summed E-state index contributed by atoms with van der Waals surface area (Å²) in [5.74, 6) is 0.492. The van der Waals surface area contributed by atoms with E-state index in [2.05, 4.69) is 37.4 Å². The minimum absolute atomic E-state index is 0.0529. The van der Waals surface area contributed by atoms with Crippen LogP contribution in [0.2, 0.25) is 0 Å². The standard InChI is InChI=1S/C25H28F2N6O/c1-4-16-13-33(6-5-28-16)23-11-22(30-21-9-15(3)12-29-21)31-25(32-23)34-20-10-19(26)17-7-14(2)8-18(17)24(20)27/h8-11,16,28H,4-7,12-13H2,1-3H3,(H,29,30,31,32). The Balaban J connectivity index is 1.49. The van der Waals surface area contributed by atoms with Crippen LogP contribution < -0.4 is 20.3 Å². The number of ether oxygens (including phenoxy) is 1. The summed E-state index contributed by atoms with van der Waals surface area (Å²) >= 11 is 0. The molecule has 2 aliphatic heterocycles. The van der Waals surface area contributed by atoms with Gasteiger partial charge in [0.15, 0.2) is 11.6 Å². The number of hydrogen-bond acceptors (Lipinski definition) is 7. The number of rotatable bonds is 5. The van der Waals surface area contributed by atoms with Crippen molar-refractivity contribution in [2.75, 3.05) is 36.4 Å². The van der Waals surface area contributed by atoms with E-state index in [1.807, 2.05) is 26.0 Å². The maximum Gasteiger partial charge on any atom is 0.326 e. The summed E-state index contributed by atoms with van der Waals surface area (Å²) in [4.78, 5) is 15.6. The van der Waals surface area contributed by atoms with Crippen LogP contribution in [-0.2, 0) is 6.42 Å². The molecule has 1 saturated heterocycles. The third-order valence-electron chi connectivity index (χ3n) is 6.27. The summed E-state index contributed by atoms with van der Waals surface area (Å²) in [6.45, 7) is 8.99. The number of aromatic nitrogens is 2. The number of allylic oxidation sites excluding steroid dienone is 1. The third kappa shape index (κ3) is 4.52. The highest BCUT2D eigenvalue weighted by molar-refractivity contribution is 6.05. The number of benzene rings is 1. The van der Waals surface area contributed by atoms with E-state index in [4.69, 9.17) is 4.74 Å². The average Bonchev–Trinajstić information content (AvgIpc) is 3.42. The van der Waals surface area contributed by atoms with Crippen molar-refractivity contribution in [3.05, 3.63) is 52.1 Å². The van der Waals surface area contributed by atoms with Crippen LogP contribution in [-0.4, -0.2) is 48.0 Å². The molecule has 1 atom stereocenters. The lowest BCUT2D eigenvalue weighted by Gasteiger charge is -2.34. The van der Waals surface area contributed by atoms with E-state index in [1.165, 1.54) is 0 Å². The highest BCUT2D eigenvalue weighted by atomic mass is 19.1. The smallest absolute Gasteiger partial charge is 0.326 e. The Bertz CT molecular complexity index is 1220. The van der Waals surface area contributed by atoms with E-state index in [-0.39, 0.29) is 17.3 Å². The number of nitrogens with zero attached hydrogens (tertiary/aromatic N) is 4.